The highest BCUT2D eigenvalue weighted by molar-refractivity contribution is 7.98. The second kappa shape index (κ2) is 8.07. The molecular weight excluding hydrogens is 445 g/mol. The molecule has 0 saturated heterocycles. The van der Waals surface area contributed by atoms with Crippen LogP contribution in [-0.2, 0) is 15.8 Å². The van der Waals surface area contributed by atoms with Crippen LogP contribution in [0.3, 0.4) is 0 Å². The van der Waals surface area contributed by atoms with Gasteiger partial charge in [0.05, 0.1) is 6.26 Å². The Morgan fingerprint density at radius 2 is 1.69 bits per heavy atom. The van der Waals surface area contributed by atoms with Gasteiger partial charge in [0, 0.05) is 26.4 Å². The number of hydrogen-bond donors (Lipinski definition) is 1. The number of rotatable bonds is 3. The van der Waals surface area contributed by atoms with Crippen LogP contribution in [0.15, 0.2) is 65.6 Å². The lowest BCUT2D eigenvalue weighted by molar-refractivity contribution is 0.607. The second-order valence-corrected chi connectivity index (χ2v) is 10.4. The molecule has 0 amide bonds. The van der Waals surface area contributed by atoms with Gasteiger partial charge in [-0.25, -0.2) is 8.42 Å². The minimum absolute atomic E-state index is 0.525. The third kappa shape index (κ3) is 4.81. The van der Waals surface area contributed by atoms with Gasteiger partial charge in [0.25, 0.3) is 0 Å². The van der Waals surface area contributed by atoms with Crippen LogP contribution in [0.4, 0.5) is 5.69 Å². The van der Waals surface area contributed by atoms with E-state index in [-0.39, 0.29) is 0 Å². The largest absolute Gasteiger partial charge is 0.284 e. The fraction of sp³-hybridized carbons (Fsp3) is 0.0909. The van der Waals surface area contributed by atoms with Gasteiger partial charge in [0.1, 0.15) is 0 Å². The zero-order valence-corrected chi connectivity index (χ0v) is 18.6. The number of hydrogen-bond acceptors (Lipinski definition) is 3. The van der Waals surface area contributed by atoms with Crippen molar-refractivity contribution in [1.82, 2.24) is 0 Å². The van der Waals surface area contributed by atoms with Crippen LogP contribution in [0.2, 0.25) is 10.0 Å². The minimum atomic E-state index is -3.34. The molecule has 0 aromatic heterocycles. The van der Waals surface area contributed by atoms with Crippen molar-refractivity contribution in [1.29, 1.82) is 0 Å². The molecule has 0 spiro atoms. The zero-order chi connectivity index (χ0) is 20.6. The molecule has 1 N–H and O–H groups in total. The van der Waals surface area contributed by atoms with Gasteiger partial charge in [-0.1, -0.05) is 47.5 Å². The second-order valence-electron chi connectivity index (χ2n) is 6.79. The summed E-state index contributed by atoms with van der Waals surface area (Å²) < 4.78 is 25.7. The van der Waals surface area contributed by atoms with E-state index in [0.29, 0.717) is 15.7 Å². The van der Waals surface area contributed by atoms with E-state index in [1.54, 1.807) is 17.8 Å². The van der Waals surface area contributed by atoms with Gasteiger partial charge in [-0.05, 0) is 70.3 Å². The van der Waals surface area contributed by atoms with Gasteiger partial charge in [-0.15, -0.1) is 11.8 Å². The highest BCUT2D eigenvalue weighted by Crippen LogP contribution is 2.42. The Hall–Kier alpha value is -1.92. The molecule has 3 nitrogen and oxygen atoms in total. The number of anilines is 1. The Balaban J connectivity index is 1.89. The van der Waals surface area contributed by atoms with Crippen molar-refractivity contribution >= 4 is 62.3 Å². The lowest BCUT2D eigenvalue weighted by Gasteiger charge is -2.13. The maximum Gasteiger partial charge on any atom is 0.229 e. The molecule has 3 aromatic rings. The molecule has 4 rings (SSSR count). The van der Waals surface area contributed by atoms with E-state index in [9.17, 15) is 8.42 Å². The molecule has 0 radical (unpaired) electrons. The Labute approximate surface area is 184 Å². The Kier molecular flexibility index (Phi) is 5.67. The number of nitrogens with one attached hydrogen (secondary N) is 1. The first-order chi connectivity index (χ1) is 13.8. The fourth-order valence-electron chi connectivity index (χ4n) is 3.31. The monoisotopic (exact) mass is 461 g/mol. The summed E-state index contributed by atoms with van der Waals surface area (Å²) in [4.78, 5) is 1.10. The third-order valence-electron chi connectivity index (χ3n) is 4.48. The number of thioether (sulfide) groups is 1. The van der Waals surface area contributed by atoms with Crippen LogP contribution >= 0.6 is 35.0 Å². The molecule has 0 fully saturated rings. The molecule has 1 heterocycles. The molecule has 0 atom stereocenters. The minimum Gasteiger partial charge on any atom is -0.284 e. The summed E-state index contributed by atoms with van der Waals surface area (Å²) in [6.45, 7) is 0. The normalized spacial score (nSPS) is 14.8. The van der Waals surface area contributed by atoms with E-state index < -0.39 is 10.0 Å². The van der Waals surface area contributed by atoms with Crippen LogP contribution in [0, 0.1) is 0 Å². The summed E-state index contributed by atoms with van der Waals surface area (Å²) in [5, 5.41) is 1.39. The first-order valence-electron chi connectivity index (χ1n) is 8.79. The maximum atomic E-state index is 11.6. The van der Waals surface area contributed by atoms with Gasteiger partial charge < -0.3 is 0 Å². The molecule has 3 aromatic carbocycles. The van der Waals surface area contributed by atoms with Crippen LogP contribution in [-0.4, -0.2) is 14.7 Å². The summed E-state index contributed by atoms with van der Waals surface area (Å²) >= 11 is 14.2. The highest BCUT2D eigenvalue weighted by Gasteiger charge is 2.19. The van der Waals surface area contributed by atoms with Crippen LogP contribution in [0.1, 0.15) is 22.3 Å². The van der Waals surface area contributed by atoms with E-state index >= 15 is 0 Å². The van der Waals surface area contributed by atoms with Gasteiger partial charge in [-0.2, -0.15) is 0 Å². The van der Waals surface area contributed by atoms with Gasteiger partial charge >= 0.3 is 0 Å². The van der Waals surface area contributed by atoms with Crippen LogP contribution in [0.5, 0.6) is 0 Å². The molecule has 0 bridgehead atoms. The van der Waals surface area contributed by atoms with Crippen molar-refractivity contribution < 1.29 is 8.42 Å². The predicted molar refractivity (Wildman–Crippen MR) is 124 cm³/mol. The summed E-state index contributed by atoms with van der Waals surface area (Å²) in [6.07, 6.45) is 3.21. The van der Waals surface area contributed by atoms with Crippen molar-refractivity contribution in [3.8, 4) is 0 Å². The summed E-state index contributed by atoms with van der Waals surface area (Å²) in [5.41, 5.74) is 5.79. The first-order valence-corrected chi connectivity index (χ1v) is 12.4. The SMILES string of the molecule is CS(=O)(=O)Nc1cccc(C=C2c3ccc(Cl)cc3CSc3cc(Cl)ccc32)c1. The topological polar surface area (TPSA) is 46.2 Å². The van der Waals surface area contributed by atoms with Crippen molar-refractivity contribution in [2.45, 2.75) is 10.6 Å². The zero-order valence-electron chi connectivity index (χ0n) is 15.4. The Morgan fingerprint density at radius 3 is 2.45 bits per heavy atom. The average Bonchev–Trinajstić information content (AvgIpc) is 2.77. The van der Waals surface area contributed by atoms with Crippen molar-refractivity contribution in [3.63, 3.8) is 0 Å². The fourth-order valence-corrected chi connectivity index (χ4v) is 5.39. The molecule has 148 valence electrons. The number of fused-ring (bicyclic) bond motifs is 2. The van der Waals surface area contributed by atoms with Gasteiger partial charge in [-0.3, -0.25) is 4.72 Å². The molecule has 29 heavy (non-hydrogen) atoms. The Bertz CT molecular complexity index is 1180. The molecule has 1 aliphatic rings. The molecule has 7 heteroatoms. The van der Waals surface area contributed by atoms with E-state index in [0.717, 1.165) is 44.7 Å². The molecule has 1 aliphatic heterocycles. The van der Waals surface area contributed by atoms with Crippen LogP contribution < -0.4 is 4.72 Å². The summed E-state index contributed by atoms with van der Waals surface area (Å²) in [7, 11) is -3.34. The van der Waals surface area contributed by atoms with E-state index in [1.807, 2.05) is 54.6 Å². The van der Waals surface area contributed by atoms with Gasteiger partial charge in [0.2, 0.25) is 10.0 Å². The Morgan fingerprint density at radius 1 is 0.966 bits per heavy atom. The predicted octanol–water partition coefficient (Wildman–Crippen LogP) is 6.56. The smallest absolute Gasteiger partial charge is 0.229 e. The number of benzene rings is 3. The van der Waals surface area contributed by atoms with Crippen molar-refractivity contribution in [3.05, 3.63) is 93.0 Å². The lowest BCUT2D eigenvalue weighted by Crippen LogP contribution is -2.09. The average molecular weight is 462 g/mol. The lowest BCUT2D eigenvalue weighted by atomic mass is 9.92. The van der Waals surface area contributed by atoms with E-state index in [4.69, 9.17) is 23.2 Å². The first kappa shape index (κ1) is 20.4. The molecule has 0 saturated carbocycles. The van der Waals surface area contributed by atoms with Gasteiger partial charge in [0.15, 0.2) is 0 Å². The molecule has 0 aliphatic carbocycles. The molecular formula is C22H17Cl2NO2S2. The van der Waals surface area contributed by atoms with Crippen molar-refractivity contribution in [2.75, 3.05) is 11.0 Å². The van der Waals surface area contributed by atoms with Crippen molar-refractivity contribution in [2.24, 2.45) is 0 Å². The van der Waals surface area contributed by atoms with Crippen LogP contribution in [0.25, 0.3) is 11.6 Å². The summed E-state index contributed by atoms with van der Waals surface area (Å²) in [6, 6.07) is 19.1. The summed E-state index contributed by atoms with van der Waals surface area (Å²) in [5.74, 6) is 0.788. The maximum absolute atomic E-state index is 11.6. The quantitative estimate of drug-likeness (QED) is 0.480. The molecule has 0 unspecified atom stereocenters. The third-order valence-corrected chi connectivity index (χ3v) is 6.66. The number of halogens is 2. The van der Waals surface area contributed by atoms with E-state index in [2.05, 4.69) is 10.8 Å². The highest BCUT2D eigenvalue weighted by atomic mass is 35.5. The van der Waals surface area contributed by atoms with E-state index in [1.165, 1.54) is 0 Å². The number of sulfonamides is 1. The standard InChI is InChI=1S/C22H17Cl2NO2S2/c1-29(26,27)25-18-4-2-3-14(9-18)10-21-19-7-5-16(23)11-15(19)13-28-22-12-17(24)6-8-20(21)22/h2-12,25H,13H2,1H3.